The van der Waals surface area contributed by atoms with Crippen LogP contribution in [-0.4, -0.2) is 34.2 Å². The first-order valence-electron chi connectivity index (χ1n) is 10.6. The molecular weight excluding hydrogens is 382 g/mol. The number of fused-ring (bicyclic) bond motifs is 2. The third kappa shape index (κ3) is 4.45. The van der Waals surface area contributed by atoms with Crippen LogP contribution in [0, 0.1) is 0 Å². The molecule has 2 aliphatic carbocycles. The Hall–Kier alpha value is -2.96. The molecule has 0 radical (unpaired) electrons. The summed E-state index contributed by atoms with van der Waals surface area (Å²) in [7, 11) is 0. The van der Waals surface area contributed by atoms with Crippen molar-refractivity contribution < 1.29 is 19.1 Å². The van der Waals surface area contributed by atoms with Crippen molar-refractivity contribution in [2.45, 2.75) is 71.0 Å². The van der Waals surface area contributed by atoms with Crippen molar-refractivity contribution in [3.05, 3.63) is 52.6 Å². The van der Waals surface area contributed by atoms with E-state index in [0.29, 0.717) is 5.69 Å². The van der Waals surface area contributed by atoms with Gasteiger partial charge in [-0.1, -0.05) is 6.07 Å². The van der Waals surface area contributed by atoms with Gasteiger partial charge in [0, 0.05) is 25.0 Å². The van der Waals surface area contributed by atoms with Gasteiger partial charge in [0.1, 0.15) is 0 Å². The summed E-state index contributed by atoms with van der Waals surface area (Å²) >= 11 is 0. The maximum atomic E-state index is 12.8. The Morgan fingerprint density at radius 2 is 1.73 bits per heavy atom. The highest BCUT2D eigenvalue weighted by molar-refractivity contribution is 5.90. The van der Waals surface area contributed by atoms with Gasteiger partial charge in [-0.25, -0.2) is 9.59 Å². The van der Waals surface area contributed by atoms with Crippen LogP contribution in [0.25, 0.3) is 0 Å². The molecule has 1 aromatic carbocycles. The summed E-state index contributed by atoms with van der Waals surface area (Å²) in [5, 5.41) is 2.96. The molecule has 1 N–H and O–H groups in total. The molecule has 1 amide bonds. The van der Waals surface area contributed by atoms with E-state index in [0.717, 1.165) is 44.2 Å². The van der Waals surface area contributed by atoms with Gasteiger partial charge in [0.15, 0.2) is 0 Å². The lowest BCUT2D eigenvalue weighted by molar-refractivity contribution is -0.157. The highest BCUT2D eigenvalue weighted by atomic mass is 16.6. The smallest absolute Gasteiger partial charge is 0.412 e. The number of ether oxygens (including phenoxy) is 2. The summed E-state index contributed by atoms with van der Waals surface area (Å²) in [6.07, 6.45) is 8.90. The van der Waals surface area contributed by atoms with Crippen LogP contribution in [-0.2, 0) is 46.4 Å². The normalized spacial score (nSPS) is 15.4. The zero-order valence-electron chi connectivity index (χ0n) is 17.4. The van der Waals surface area contributed by atoms with Crippen molar-refractivity contribution >= 4 is 17.7 Å². The largest absolute Gasteiger partial charge is 0.460 e. The SMILES string of the molecule is CC(C)OC(=O)[C@@H](Cc1cnccn1)OC(=O)Nc1c2c(cc3c1CCC3)CCC2. The topological polar surface area (TPSA) is 90.4 Å². The van der Waals surface area contributed by atoms with Crippen LogP contribution in [0.5, 0.6) is 0 Å². The van der Waals surface area contributed by atoms with Gasteiger partial charge >= 0.3 is 12.1 Å². The molecule has 7 nitrogen and oxygen atoms in total. The molecule has 30 heavy (non-hydrogen) atoms. The van der Waals surface area contributed by atoms with Crippen LogP contribution in [0.1, 0.15) is 54.6 Å². The van der Waals surface area contributed by atoms with Crippen molar-refractivity contribution in [1.29, 1.82) is 0 Å². The number of hydrogen-bond donors (Lipinski definition) is 1. The summed E-state index contributed by atoms with van der Waals surface area (Å²) in [6.45, 7) is 3.52. The average Bonchev–Trinajstić information content (AvgIpc) is 3.37. The molecule has 7 heteroatoms. The highest BCUT2D eigenvalue weighted by Crippen LogP contribution is 2.38. The molecule has 2 aromatic rings. The van der Waals surface area contributed by atoms with Crippen molar-refractivity contribution in [1.82, 2.24) is 9.97 Å². The molecule has 0 saturated heterocycles. The third-order valence-corrected chi connectivity index (χ3v) is 5.58. The number of anilines is 1. The summed E-state index contributed by atoms with van der Waals surface area (Å²) in [6, 6.07) is 2.30. The minimum atomic E-state index is -1.09. The number of amides is 1. The van der Waals surface area contributed by atoms with Crippen LogP contribution in [0.2, 0.25) is 0 Å². The molecule has 0 fully saturated rings. The number of nitrogens with zero attached hydrogens (tertiary/aromatic N) is 2. The molecule has 0 aliphatic heterocycles. The standard InChI is InChI=1S/C23H27N3O4/c1-14(2)29-22(27)20(12-17-13-24-9-10-25-17)30-23(28)26-21-18-7-3-5-15(18)11-16-6-4-8-19(16)21/h9-11,13-14,20H,3-8,12H2,1-2H3,(H,26,28)/t20-/m1/s1. The van der Waals surface area contributed by atoms with E-state index < -0.39 is 18.2 Å². The van der Waals surface area contributed by atoms with E-state index in [4.69, 9.17) is 9.47 Å². The minimum absolute atomic E-state index is 0.109. The fourth-order valence-electron chi connectivity index (χ4n) is 4.33. The van der Waals surface area contributed by atoms with Gasteiger partial charge in [0.25, 0.3) is 0 Å². The Morgan fingerprint density at radius 3 is 2.33 bits per heavy atom. The molecule has 0 bridgehead atoms. The summed E-state index contributed by atoms with van der Waals surface area (Å²) in [5.74, 6) is -0.589. The number of rotatable bonds is 6. The van der Waals surface area contributed by atoms with Crippen LogP contribution >= 0.6 is 0 Å². The number of benzene rings is 1. The Bertz CT molecular complexity index is 911. The van der Waals surface area contributed by atoms with Gasteiger partial charge in [0.05, 0.1) is 17.5 Å². The molecule has 1 atom stereocenters. The lowest BCUT2D eigenvalue weighted by Gasteiger charge is -2.20. The van der Waals surface area contributed by atoms with E-state index in [2.05, 4.69) is 21.4 Å². The molecule has 0 saturated carbocycles. The zero-order chi connectivity index (χ0) is 21.1. The van der Waals surface area contributed by atoms with Gasteiger partial charge in [-0.05, 0) is 74.6 Å². The number of aryl methyl sites for hydroxylation is 2. The van der Waals surface area contributed by atoms with Gasteiger partial charge in [0.2, 0.25) is 6.10 Å². The van der Waals surface area contributed by atoms with E-state index in [1.54, 1.807) is 26.2 Å². The molecule has 4 rings (SSSR count). The molecule has 1 aromatic heterocycles. The van der Waals surface area contributed by atoms with Crippen LogP contribution in [0.3, 0.4) is 0 Å². The predicted molar refractivity (Wildman–Crippen MR) is 111 cm³/mol. The predicted octanol–water partition coefficient (Wildman–Crippen LogP) is 3.57. The first-order valence-corrected chi connectivity index (χ1v) is 10.6. The molecule has 1 heterocycles. The van der Waals surface area contributed by atoms with Crippen molar-refractivity contribution in [2.24, 2.45) is 0 Å². The fourth-order valence-corrected chi connectivity index (χ4v) is 4.33. The van der Waals surface area contributed by atoms with E-state index in [1.165, 1.54) is 28.5 Å². The van der Waals surface area contributed by atoms with Gasteiger partial charge in [-0.2, -0.15) is 0 Å². The first-order chi connectivity index (χ1) is 14.5. The van der Waals surface area contributed by atoms with Crippen LogP contribution in [0.15, 0.2) is 24.7 Å². The fraction of sp³-hybridized carbons (Fsp3) is 0.478. The van der Waals surface area contributed by atoms with Crippen LogP contribution < -0.4 is 5.32 Å². The lowest BCUT2D eigenvalue weighted by Crippen LogP contribution is -2.34. The second-order valence-electron chi connectivity index (χ2n) is 8.14. The van der Waals surface area contributed by atoms with Crippen molar-refractivity contribution in [3.63, 3.8) is 0 Å². The first kappa shape index (κ1) is 20.3. The van der Waals surface area contributed by atoms with E-state index in [9.17, 15) is 9.59 Å². The van der Waals surface area contributed by atoms with E-state index in [-0.39, 0.29) is 12.5 Å². The molecule has 158 valence electrons. The number of carbonyl (C=O) groups is 2. The van der Waals surface area contributed by atoms with Crippen molar-refractivity contribution in [2.75, 3.05) is 5.32 Å². The average molecular weight is 409 g/mol. The monoisotopic (exact) mass is 409 g/mol. The quantitative estimate of drug-likeness (QED) is 0.734. The second-order valence-corrected chi connectivity index (χ2v) is 8.14. The van der Waals surface area contributed by atoms with Gasteiger partial charge < -0.3 is 9.47 Å². The van der Waals surface area contributed by atoms with E-state index in [1.807, 2.05) is 0 Å². The molecular formula is C23H27N3O4. The lowest BCUT2D eigenvalue weighted by atomic mass is 9.99. The molecule has 0 spiro atoms. The summed E-state index contributed by atoms with van der Waals surface area (Å²) in [5.41, 5.74) is 6.50. The Kier molecular flexibility index (Phi) is 5.97. The van der Waals surface area contributed by atoms with Gasteiger partial charge in [-0.3, -0.25) is 15.3 Å². The number of carbonyl (C=O) groups excluding carboxylic acids is 2. The number of aromatic nitrogens is 2. The Morgan fingerprint density at radius 1 is 1.03 bits per heavy atom. The minimum Gasteiger partial charge on any atom is -0.460 e. The third-order valence-electron chi connectivity index (χ3n) is 5.58. The maximum Gasteiger partial charge on any atom is 0.412 e. The Balaban J connectivity index is 1.53. The maximum absolute atomic E-state index is 12.8. The number of nitrogens with one attached hydrogen (secondary N) is 1. The molecule has 2 aliphatic rings. The molecule has 0 unspecified atom stereocenters. The summed E-state index contributed by atoms with van der Waals surface area (Å²) in [4.78, 5) is 33.6. The van der Waals surface area contributed by atoms with E-state index >= 15 is 0 Å². The number of esters is 1. The zero-order valence-corrected chi connectivity index (χ0v) is 17.4. The van der Waals surface area contributed by atoms with Crippen molar-refractivity contribution in [3.8, 4) is 0 Å². The summed E-state index contributed by atoms with van der Waals surface area (Å²) < 4.78 is 10.8. The van der Waals surface area contributed by atoms with Gasteiger partial charge in [-0.15, -0.1) is 0 Å². The highest BCUT2D eigenvalue weighted by Gasteiger charge is 2.29. The Labute approximate surface area is 176 Å². The number of hydrogen-bond acceptors (Lipinski definition) is 6. The van der Waals surface area contributed by atoms with Crippen LogP contribution in [0.4, 0.5) is 10.5 Å². The second kappa shape index (κ2) is 8.81.